The third kappa shape index (κ3) is 4.08. The summed E-state index contributed by atoms with van der Waals surface area (Å²) in [5.74, 6) is 0.122. The van der Waals surface area contributed by atoms with E-state index < -0.39 is 11.6 Å². The van der Waals surface area contributed by atoms with Crippen LogP contribution in [0, 0.1) is 5.92 Å². The minimum atomic E-state index is -0.744. The van der Waals surface area contributed by atoms with Crippen LogP contribution >= 0.6 is 12.4 Å². The van der Waals surface area contributed by atoms with Gasteiger partial charge in [0.1, 0.15) is 12.1 Å². The summed E-state index contributed by atoms with van der Waals surface area (Å²) in [6.45, 7) is 2.18. The van der Waals surface area contributed by atoms with Gasteiger partial charge in [-0.2, -0.15) is 0 Å². The molecule has 0 aromatic carbocycles. The quantitative estimate of drug-likeness (QED) is 0.724. The Balaban J connectivity index is 0.00000225. The zero-order chi connectivity index (χ0) is 17.2. The van der Waals surface area contributed by atoms with Crippen molar-refractivity contribution in [1.29, 1.82) is 0 Å². The molecule has 4 amide bonds. The van der Waals surface area contributed by atoms with Gasteiger partial charge in [0.15, 0.2) is 0 Å². The molecule has 3 fully saturated rings. The molecule has 1 spiro atoms. The summed E-state index contributed by atoms with van der Waals surface area (Å²) in [7, 11) is 1.91. The van der Waals surface area contributed by atoms with Gasteiger partial charge in [0, 0.05) is 13.1 Å². The minimum absolute atomic E-state index is 0. The Morgan fingerprint density at radius 3 is 2.64 bits per heavy atom. The lowest BCUT2D eigenvalue weighted by Gasteiger charge is -2.34. The fraction of sp³-hybridized carbons (Fsp3) is 0.824. The number of piperidine rings is 1. The summed E-state index contributed by atoms with van der Waals surface area (Å²) in [5.41, 5.74) is -0.744. The summed E-state index contributed by atoms with van der Waals surface area (Å²) >= 11 is 0. The molecule has 2 heterocycles. The standard InChI is InChI=1S/C17H28N4O3.ClH/c1-18-10-13-6-5-9-20(11-13)14(22)12-21-15(23)17(19-16(21)24)7-3-2-4-8-17;/h13,18H,2-12H2,1H3,(H,19,24);1H. The number of nitrogens with one attached hydrogen (secondary N) is 2. The van der Waals surface area contributed by atoms with Crippen LogP contribution in [0.4, 0.5) is 4.79 Å². The molecule has 2 N–H and O–H groups in total. The van der Waals surface area contributed by atoms with Crippen molar-refractivity contribution in [3.63, 3.8) is 0 Å². The Kier molecular flexibility index (Phi) is 6.68. The highest BCUT2D eigenvalue weighted by Gasteiger charge is 2.51. The molecule has 7 nitrogen and oxygen atoms in total. The van der Waals surface area contributed by atoms with Gasteiger partial charge in [0.25, 0.3) is 5.91 Å². The van der Waals surface area contributed by atoms with E-state index in [0.717, 1.165) is 43.5 Å². The first-order valence-electron chi connectivity index (χ1n) is 9.12. The average molecular weight is 373 g/mol. The molecule has 3 rings (SSSR count). The maximum absolute atomic E-state index is 12.7. The Morgan fingerprint density at radius 2 is 1.96 bits per heavy atom. The van der Waals surface area contributed by atoms with Gasteiger partial charge in [0.05, 0.1) is 0 Å². The molecular weight excluding hydrogens is 344 g/mol. The number of urea groups is 1. The summed E-state index contributed by atoms with van der Waals surface area (Å²) in [5, 5.41) is 6.02. The van der Waals surface area contributed by atoms with Crippen LogP contribution in [-0.4, -0.2) is 66.4 Å². The monoisotopic (exact) mass is 372 g/mol. The summed E-state index contributed by atoms with van der Waals surface area (Å²) in [4.78, 5) is 40.5. The number of hydrogen-bond acceptors (Lipinski definition) is 4. The van der Waals surface area contributed by atoms with Crippen molar-refractivity contribution in [3.05, 3.63) is 0 Å². The molecule has 8 heteroatoms. The fourth-order valence-corrected chi connectivity index (χ4v) is 4.30. The van der Waals surface area contributed by atoms with E-state index in [1.54, 1.807) is 4.90 Å². The van der Waals surface area contributed by atoms with E-state index >= 15 is 0 Å². The maximum Gasteiger partial charge on any atom is 0.325 e. The molecule has 1 unspecified atom stereocenters. The minimum Gasteiger partial charge on any atom is -0.341 e. The van der Waals surface area contributed by atoms with Gasteiger partial charge in [-0.15, -0.1) is 12.4 Å². The first-order valence-corrected chi connectivity index (χ1v) is 9.12. The highest BCUT2D eigenvalue weighted by molar-refractivity contribution is 6.09. The molecule has 3 aliphatic rings. The summed E-state index contributed by atoms with van der Waals surface area (Å²) in [6.07, 6.45) is 6.47. The smallest absolute Gasteiger partial charge is 0.325 e. The number of carbonyl (C=O) groups is 3. The molecule has 0 bridgehead atoms. The van der Waals surface area contributed by atoms with E-state index in [9.17, 15) is 14.4 Å². The molecule has 1 aliphatic carbocycles. The second kappa shape index (κ2) is 8.36. The lowest BCUT2D eigenvalue weighted by molar-refractivity contribution is -0.140. The molecule has 2 saturated heterocycles. The summed E-state index contributed by atoms with van der Waals surface area (Å²) in [6, 6.07) is -0.404. The molecule has 25 heavy (non-hydrogen) atoms. The van der Waals surface area contributed by atoms with Crippen molar-refractivity contribution in [2.45, 2.75) is 50.5 Å². The van der Waals surface area contributed by atoms with Crippen molar-refractivity contribution in [3.8, 4) is 0 Å². The second-order valence-electron chi connectivity index (χ2n) is 7.37. The molecule has 142 valence electrons. The average Bonchev–Trinajstić information content (AvgIpc) is 2.80. The number of carbonyl (C=O) groups excluding carboxylic acids is 3. The number of rotatable bonds is 4. The molecule has 0 aromatic rings. The molecular formula is C17H29ClN4O3. The lowest BCUT2D eigenvalue weighted by Crippen LogP contribution is -2.50. The van der Waals surface area contributed by atoms with Crippen LogP contribution in [0.15, 0.2) is 0 Å². The van der Waals surface area contributed by atoms with E-state index in [4.69, 9.17) is 0 Å². The van der Waals surface area contributed by atoms with E-state index in [1.165, 1.54) is 0 Å². The first-order chi connectivity index (χ1) is 11.6. The second-order valence-corrected chi connectivity index (χ2v) is 7.37. The van der Waals surface area contributed by atoms with E-state index in [1.807, 2.05) is 7.05 Å². The van der Waals surface area contributed by atoms with E-state index in [-0.39, 0.29) is 30.8 Å². The highest BCUT2D eigenvalue weighted by Crippen LogP contribution is 2.33. The first kappa shape index (κ1) is 20.0. The molecule has 0 aromatic heterocycles. The van der Waals surface area contributed by atoms with Crippen molar-refractivity contribution < 1.29 is 14.4 Å². The fourth-order valence-electron chi connectivity index (χ4n) is 4.30. The predicted molar refractivity (Wildman–Crippen MR) is 96.5 cm³/mol. The van der Waals surface area contributed by atoms with Crippen LogP contribution in [0.2, 0.25) is 0 Å². The Morgan fingerprint density at radius 1 is 1.24 bits per heavy atom. The third-order valence-corrected chi connectivity index (χ3v) is 5.61. The van der Waals surface area contributed by atoms with Gasteiger partial charge in [-0.1, -0.05) is 19.3 Å². The van der Waals surface area contributed by atoms with E-state index in [2.05, 4.69) is 10.6 Å². The number of hydrogen-bond donors (Lipinski definition) is 2. The van der Waals surface area contributed by atoms with Gasteiger partial charge in [0.2, 0.25) is 5.91 Å². The van der Waals surface area contributed by atoms with Crippen LogP contribution in [-0.2, 0) is 9.59 Å². The third-order valence-electron chi connectivity index (χ3n) is 5.61. The largest absolute Gasteiger partial charge is 0.341 e. The Labute approximate surface area is 155 Å². The number of amides is 4. The predicted octanol–water partition coefficient (Wildman–Crippen LogP) is 1.12. The van der Waals surface area contributed by atoms with Crippen molar-refractivity contribution >= 4 is 30.3 Å². The normalized spacial score (nSPS) is 25.7. The van der Waals surface area contributed by atoms with Gasteiger partial charge in [-0.3, -0.25) is 14.5 Å². The van der Waals surface area contributed by atoms with Crippen LogP contribution in [0.3, 0.4) is 0 Å². The zero-order valence-electron chi connectivity index (χ0n) is 14.9. The molecule has 1 saturated carbocycles. The van der Waals surface area contributed by atoms with Gasteiger partial charge < -0.3 is 15.5 Å². The SMILES string of the molecule is CNCC1CCCN(C(=O)CN2C(=O)NC3(CCCCC3)C2=O)C1.Cl. The number of nitrogens with zero attached hydrogens (tertiary/aromatic N) is 2. The maximum atomic E-state index is 12.7. The Bertz CT molecular complexity index is 520. The van der Waals surface area contributed by atoms with Crippen LogP contribution in [0.5, 0.6) is 0 Å². The topological polar surface area (TPSA) is 81.8 Å². The number of imide groups is 1. The molecule has 1 atom stereocenters. The van der Waals surface area contributed by atoms with E-state index in [0.29, 0.717) is 31.8 Å². The van der Waals surface area contributed by atoms with Crippen molar-refractivity contribution in [2.24, 2.45) is 5.92 Å². The van der Waals surface area contributed by atoms with Gasteiger partial charge in [-0.25, -0.2) is 4.79 Å². The molecule has 2 aliphatic heterocycles. The number of likely N-dealkylation sites (tertiary alicyclic amines) is 1. The van der Waals surface area contributed by atoms with Crippen molar-refractivity contribution in [1.82, 2.24) is 20.4 Å². The lowest BCUT2D eigenvalue weighted by atomic mass is 9.82. The Hall–Kier alpha value is -1.34. The van der Waals surface area contributed by atoms with Crippen molar-refractivity contribution in [2.75, 3.05) is 33.2 Å². The van der Waals surface area contributed by atoms with Crippen LogP contribution < -0.4 is 10.6 Å². The highest BCUT2D eigenvalue weighted by atomic mass is 35.5. The molecule has 0 radical (unpaired) electrons. The van der Waals surface area contributed by atoms with Crippen LogP contribution in [0.25, 0.3) is 0 Å². The zero-order valence-corrected chi connectivity index (χ0v) is 15.7. The number of halogens is 1. The van der Waals surface area contributed by atoms with Crippen LogP contribution in [0.1, 0.15) is 44.9 Å². The van der Waals surface area contributed by atoms with Gasteiger partial charge in [-0.05, 0) is 45.2 Å². The summed E-state index contributed by atoms with van der Waals surface area (Å²) < 4.78 is 0. The van der Waals surface area contributed by atoms with Gasteiger partial charge >= 0.3 is 6.03 Å².